The van der Waals surface area contributed by atoms with Gasteiger partial charge in [-0.05, 0) is 30.5 Å². The van der Waals surface area contributed by atoms with E-state index in [0.717, 1.165) is 31.0 Å². The van der Waals surface area contributed by atoms with Gasteiger partial charge in [-0.25, -0.2) is 4.98 Å². The third-order valence-electron chi connectivity index (χ3n) is 3.72. The number of nitrogen functional groups attached to an aromatic ring is 1. The minimum atomic E-state index is 0.203. The molecule has 110 valence electrons. The van der Waals surface area contributed by atoms with Crippen LogP contribution >= 0.6 is 11.6 Å². The van der Waals surface area contributed by atoms with Crippen LogP contribution in [0.4, 0.5) is 11.8 Å². The number of aromatic nitrogens is 2. The van der Waals surface area contributed by atoms with Crippen LogP contribution < -0.4 is 15.4 Å². The molecule has 1 aliphatic heterocycles. The van der Waals surface area contributed by atoms with Crippen LogP contribution in [0.2, 0.25) is 5.15 Å². The van der Waals surface area contributed by atoms with E-state index in [4.69, 9.17) is 22.1 Å². The van der Waals surface area contributed by atoms with Crippen molar-refractivity contribution >= 4 is 23.4 Å². The average Bonchev–Trinajstić information content (AvgIpc) is 2.96. The zero-order valence-electron chi connectivity index (χ0n) is 11.8. The van der Waals surface area contributed by atoms with E-state index in [9.17, 15) is 0 Å². The number of benzene rings is 1. The molecule has 1 saturated heterocycles. The van der Waals surface area contributed by atoms with Gasteiger partial charge in [0.25, 0.3) is 0 Å². The number of ether oxygens (including phenoxy) is 1. The van der Waals surface area contributed by atoms with Gasteiger partial charge in [0.2, 0.25) is 5.95 Å². The molecule has 0 radical (unpaired) electrons. The third-order valence-corrected chi connectivity index (χ3v) is 3.92. The van der Waals surface area contributed by atoms with Gasteiger partial charge in [0.15, 0.2) is 0 Å². The molecule has 2 N–H and O–H groups in total. The second kappa shape index (κ2) is 5.77. The molecule has 6 heteroatoms. The van der Waals surface area contributed by atoms with Gasteiger partial charge < -0.3 is 15.4 Å². The van der Waals surface area contributed by atoms with Crippen molar-refractivity contribution in [3.63, 3.8) is 0 Å². The minimum Gasteiger partial charge on any atom is -0.497 e. The SMILES string of the molecule is COc1cccc(C2CCCN2c2cc(Cl)nc(N)n2)c1. The number of nitrogens with zero attached hydrogens (tertiary/aromatic N) is 3. The summed E-state index contributed by atoms with van der Waals surface area (Å²) in [5.41, 5.74) is 6.91. The van der Waals surface area contributed by atoms with Crippen LogP contribution in [-0.2, 0) is 0 Å². The Balaban J connectivity index is 1.94. The van der Waals surface area contributed by atoms with Crippen molar-refractivity contribution in [1.82, 2.24) is 9.97 Å². The molecule has 2 heterocycles. The molecule has 2 aromatic rings. The van der Waals surface area contributed by atoms with Crippen LogP contribution in [0, 0.1) is 0 Å². The molecule has 0 amide bonds. The molecule has 1 fully saturated rings. The Morgan fingerprint density at radius 2 is 2.19 bits per heavy atom. The standard InChI is InChI=1S/C15H17ClN4O/c1-21-11-5-2-4-10(8-11)12-6-3-7-20(12)14-9-13(16)18-15(17)19-14/h2,4-5,8-9,12H,3,6-7H2,1H3,(H2,17,18,19). The minimum absolute atomic E-state index is 0.203. The Labute approximate surface area is 128 Å². The van der Waals surface area contributed by atoms with Gasteiger partial charge in [-0.2, -0.15) is 4.98 Å². The van der Waals surface area contributed by atoms with E-state index in [1.165, 1.54) is 5.56 Å². The van der Waals surface area contributed by atoms with E-state index >= 15 is 0 Å². The predicted octanol–water partition coefficient (Wildman–Crippen LogP) is 3.06. The number of hydrogen-bond acceptors (Lipinski definition) is 5. The van der Waals surface area contributed by atoms with Crippen LogP contribution in [0.1, 0.15) is 24.4 Å². The first kappa shape index (κ1) is 13.9. The fraction of sp³-hybridized carbons (Fsp3) is 0.333. The van der Waals surface area contributed by atoms with Crippen LogP contribution in [-0.4, -0.2) is 23.6 Å². The third kappa shape index (κ3) is 2.88. The molecular weight excluding hydrogens is 288 g/mol. The molecular formula is C15H17ClN4O. The lowest BCUT2D eigenvalue weighted by molar-refractivity contribution is 0.414. The van der Waals surface area contributed by atoms with Gasteiger partial charge in [-0.15, -0.1) is 0 Å². The first-order valence-corrected chi connectivity index (χ1v) is 7.26. The van der Waals surface area contributed by atoms with Crippen molar-refractivity contribution in [2.24, 2.45) is 0 Å². The van der Waals surface area contributed by atoms with Crippen molar-refractivity contribution in [2.75, 3.05) is 24.3 Å². The maximum Gasteiger partial charge on any atom is 0.223 e. The largest absolute Gasteiger partial charge is 0.497 e. The Hall–Kier alpha value is -2.01. The van der Waals surface area contributed by atoms with Crippen molar-refractivity contribution < 1.29 is 4.74 Å². The second-order valence-corrected chi connectivity index (χ2v) is 5.42. The summed E-state index contributed by atoms with van der Waals surface area (Å²) in [6, 6.07) is 10.1. The van der Waals surface area contributed by atoms with E-state index in [1.54, 1.807) is 13.2 Å². The number of rotatable bonds is 3. The fourth-order valence-electron chi connectivity index (χ4n) is 2.81. The normalized spacial score (nSPS) is 18.0. The summed E-state index contributed by atoms with van der Waals surface area (Å²) in [5.74, 6) is 1.84. The van der Waals surface area contributed by atoms with E-state index in [-0.39, 0.29) is 12.0 Å². The first-order valence-electron chi connectivity index (χ1n) is 6.88. The molecule has 1 aromatic carbocycles. The molecule has 1 aliphatic rings. The molecule has 0 bridgehead atoms. The number of hydrogen-bond donors (Lipinski definition) is 1. The van der Waals surface area contributed by atoms with E-state index in [0.29, 0.717) is 5.15 Å². The Morgan fingerprint density at radius 1 is 1.33 bits per heavy atom. The lowest BCUT2D eigenvalue weighted by Gasteiger charge is -2.26. The monoisotopic (exact) mass is 304 g/mol. The van der Waals surface area contributed by atoms with Gasteiger partial charge in [0.1, 0.15) is 16.7 Å². The van der Waals surface area contributed by atoms with Gasteiger partial charge >= 0.3 is 0 Å². The first-order chi connectivity index (χ1) is 10.2. The summed E-state index contributed by atoms with van der Waals surface area (Å²) in [6.07, 6.45) is 2.16. The highest BCUT2D eigenvalue weighted by Crippen LogP contribution is 2.36. The quantitative estimate of drug-likeness (QED) is 0.883. The number of methoxy groups -OCH3 is 1. The van der Waals surface area contributed by atoms with Crippen LogP contribution in [0.15, 0.2) is 30.3 Å². The molecule has 0 spiro atoms. The maximum absolute atomic E-state index is 5.99. The smallest absolute Gasteiger partial charge is 0.223 e. The number of anilines is 2. The van der Waals surface area contributed by atoms with E-state index in [1.807, 2.05) is 12.1 Å². The maximum atomic E-state index is 5.99. The highest BCUT2D eigenvalue weighted by atomic mass is 35.5. The summed E-state index contributed by atoms with van der Waals surface area (Å²) in [4.78, 5) is 10.4. The zero-order valence-corrected chi connectivity index (χ0v) is 12.5. The number of nitrogens with two attached hydrogens (primary N) is 1. The highest BCUT2D eigenvalue weighted by Gasteiger charge is 2.27. The molecule has 1 aromatic heterocycles. The second-order valence-electron chi connectivity index (χ2n) is 5.04. The molecule has 0 aliphatic carbocycles. The zero-order chi connectivity index (χ0) is 14.8. The molecule has 1 unspecified atom stereocenters. The van der Waals surface area contributed by atoms with E-state index in [2.05, 4.69) is 27.0 Å². The van der Waals surface area contributed by atoms with Crippen LogP contribution in [0.3, 0.4) is 0 Å². The Morgan fingerprint density at radius 3 is 2.95 bits per heavy atom. The van der Waals surface area contributed by atoms with Crippen LogP contribution in [0.5, 0.6) is 5.75 Å². The lowest BCUT2D eigenvalue weighted by atomic mass is 10.0. The van der Waals surface area contributed by atoms with Gasteiger partial charge in [0.05, 0.1) is 13.2 Å². The summed E-state index contributed by atoms with van der Waals surface area (Å²) < 4.78 is 5.31. The van der Waals surface area contributed by atoms with Crippen molar-refractivity contribution in [1.29, 1.82) is 0 Å². The van der Waals surface area contributed by atoms with Gasteiger partial charge in [-0.3, -0.25) is 0 Å². The Kier molecular flexibility index (Phi) is 3.84. The summed E-state index contributed by atoms with van der Waals surface area (Å²) in [7, 11) is 1.68. The number of halogens is 1. The summed E-state index contributed by atoms with van der Waals surface area (Å²) in [5, 5.41) is 0.369. The molecule has 0 saturated carbocycles. The van der Waals surface area contributed by atoms with Crippen molar-refractivity contribution in [3.05, 3.63) is 41.0 Å². The van der Waals surface area contributed by atoms with Crippen LogP contribution in [0.25, 0.3) is 0 Å². The van der Waals surface area contributed by atoms with Crippen molar-refractivity contribution in [3.8, 4) is 5.75 Å². The van der Waals surface area contributed by atoms with Gasteiger partial charge in [-0.1, -0.05) is 23.7 Å². The lowest BCUT2D eigenvalue weighted by Crippen LogP contribution is -2.24. The molecule has 21 heavy (non-hydrogen) atoms. The molecule has 1 atom stereocenters. The topological polar surface area (TPSA) is 64.3 Å². The van der Waals surface area contributed by atoms with Crippen molar-refractivity contribution in [2.45, 2.75) is 18.9 Å². The average molecular weight is 305 g/mol. The van der Waals surface area contributed by atoms with Gasteiger partial charge in [0, 0.05) is 12.6 Å². The van der Waals surface area contributed by atoms with E-state index < -0.39 is 0 Å². The fourth-order valence-corrected chi connectivity index (χ4v) is 2.99. The highest BCUT2D eigenvalue weighted by molar-refractivity contribution is 6.29. The molecule has 5 nitrogen and oxygen atoms in total. The summed E-state index contributed by atoms with van der Waals surface area (Å²) >= 11 is 5.99. The predicted molar refractivity (Wildman–Crippen MR) is 83.8 cm³/mol. The molecule has 3 rings (SSSR count). The Bertz CT molecular complexity index is 629. The summed E-state index contributed by atoms with van der Waals surface area (Å²) in [6.45, 7) is 0.925.